The second kappa shape index (κ2) is 5.26. The molecule has 0 radical (unpaired) electrons. The molecule has 2 N–H and O–H groups in total. The predicted molar refractivity (Wildman–Crippen MR) is 78.0 cm³/mol. The van der Waals surface area contributed by atoms with Crippen molar-refractivity contribution in [1.82, 2.24) is 10.2 Å². The number of halogens is 1. The SMILES string of the molecule is CC1(C(=O)O)CCN(C(=O)N[C@@H]2C[C@H]2c2ccccc2F)C1. The van der Waals surface area contributed by atoms with Crippen LogP contribution in [0, 0.1) is 11.2 Å². The van der Waals surface area contributed by atoms with Crippen LogP contribution in [0.25, 0.3) is 0 Å². The first-order chi connectivity index (χ1) is 10.4. The van der Waals surface area contributed by atoms with Crippen LogP contribution in [-0.4, -0.2) is 41.1 Å². The lowest BCUT2D eigenvalue weighted by atomic mass is 9.90. The number of hydrogen-bond acceptors (Lipinski definition) is 2. The fourth-order valence-electron chi connectivity index (χ4n) is 3.03. The highest BCUT2D eigenvalue weighted by molar-refractivity contribution is 5.80. The number of aliphatic carboxylic acids is 1. The van der Waals surface area contributed by atoms with E-state index in [1.165, 1.54) is 11.0 Å². The van der Waals surface area contributed by atoms with Crippen molar-refractivity contribution in [3.8, 4) is 0 Å². The van der Waals surface area contributed by atoms with Crippen molar-refractivity contribution in [3.05, 3.63) is 35.6 Å². The smallest absolute Gasteiger partial charge is 0.317 e. The van der Waals surface area contributed by atoms with Crippen LogP contribution >= 0.6 is 0 Å². The quantitative estimate of drug-likeness (QED) is 0.899. The molecule has 3 atom stereocenters. The Hall–Kier alpha value is -2.11. The highest BCUT2D eigenvalue weighted by Gasteiger charge is 2.45. The number of nitrogens with zero attached hydrogens (tertiary/aromatic N) is 1. The van der Waals surface area contributed by atoms with E-state index in [4.69, 9.17) is 0 Å². The third-order valence-electron chi connectivity index (χ3n) is 4.68. The molecular weight excluding hydrogens is 287 g/mol. The molecule has 6 heteroatoms. The van der Waals surface area contributed by atoms with Gasteiger partial charge in [-0.3, -0.25) is 4.79 Å². The fraction of sp³-hybridized carbons (Fsp3) is 0.500. The minimum atomic E-state index is -0.876. The zero-order valence-corrected chi connectivity index (χ0v) is 12.4. The lowest BCUT2D eigenvalue weighted by molar-refractivity contribution is -0.146. The summed E-state index contributed by atoms with van der Waals surface area (Å²) in [6.45, 7) is 2.30. The van der Waals surface area contributed by atoms with E-state index in [0.29, 0.717) is 18.5 Å². The molecule has 0 spiro atoms. The first-order valence-electron chi connectivity index (χ1n) is 7.44. The average molecular weight is 306 g/mol. The molecule has 1 saturated carbocycles. The third-order valence-corrected chi connectivity index (χ3v) is 4.68. The predicted octanol–water partition coefficient (Wildman–Crippen LogP) is 2.19. The van der Waals surface area contributed by atoms with Crippen molar-refractivity contribution in [2.75, 3.05) is 13.1 Å². The Morgan fingerprint density at radius 1 is 1.41 bits per heavy atom. The minimum Gasteiger partial charge on any atom is -0.481 e. The van der Waals surface area contributed by atoms with E-state index in [0.717, 1.165) is 6.42 Å². The van der Waals surface area contributed by atoms with Crippen molar-refractivity contribution < 1.29 is 19.1 Å². The van der Waals surface area contributed by atoms with Gasteiger partial charge in [0.15, 0.2) is 0 Å². The van der Waals surface area contributed by atoms with Gasteiger partial charge in [0, 0.05) is 25.0 Å². The summed E-state index contributed by atoms with van der Waals surface area (Å²) in [6, 6.07) is 6.27. The molecule has 1 aliphatic heterocycles. The number of carboxylic acid groups (broad SMARTS) is 1. The van der Waals surface area contributed by atoms with Gasteiger partial charge in [0.05, 0.1) is 5.41 Å². The highest BCUT2D eigenvalue weighted by Crippen LogP contribution is 2.42. The summed E-state index contributed by atoms with van der Waals surface area (Å²) >= 11 is 0. The average Bonchev–Trinajstić information content (AvgIpc) is 3.09. The van der Waals surface area contributed by atoms with Crippen molar-refractivity contribution in [2.24, 2.45) is 5.41 Å². The van der Waals surface area contributed by atoms with E-state index in [1.54, 1.807) is 25.1 Å². The van der Waals surface area contributed by atoms with Crippen molar-refractivity contribution >= 4 is 12.0 Å². The zero-order chi connectivity index (χ0) is 15.9. The molecule has 118 valence electrons. The lowest BCUT2D eigenvalue weighted by Crippen LogP contribution is -2.42. The van der Waals surface area contributed by atoms with Crippen molar-refractivity contribution in [1.29, 1.82) is 0 Å². The number of benzene rings is 1. The summed E-state index contributed by atoms with van der Waals surface area (Å²) in [5.41, 5.74) is -0.240. The van der Waals surface area contributed by atoms with E-state index in [1.807, 2.05) is 0 Å². The molecule has 1 aliphatic carbocycles. The first-order valence-corrected chi connectivity index (χ1v) is 7.44. The Morgan fingerprint density at radius 3 is 2.77 bits per heavy atom. The summed E-state index contributed by atoms with van der Waals surface area (Å²) in [6.07, 6.45) is 1.17. The highest BCUT2D eigenvalue weighted by atomic mass is 19.1. The number of rotatable bonds is 3. The van der Waals surface area contributed by atoms with Gasteiger partial charge in [0.25, 0.3) is 0 Å². The Morgan fingerprint density at radius 2 is 2.14 bits per heavy atom. The summed E-state index contributed by atoms with van der Waals surface area (Å²) in [5, 5.41) is 12.1. The Balaban J connectivity index is 1.57. The van der Waals surface area contributed by atoms with E-state index in [-0.39, 0.29) is 30.4 Å². The molecule has 1 saturated heterocycles. The number of hydrogen-bond donors (Lipinski definition) is 2. The molecule has 1 aromatic carbocycles. The number of carbonyl (C=O) groups excluding carboxylic acids is 1. The van der Waals surface area contributed by atoms with Gasteiger partial charge in [-0.05, 0) is 31.4 Å². The normalized spacial score (nSPS) is 30.2. The van der Waals surface area contributed by atoms with E-state index in [9.17, 15) is 19.1 Å². The number of carbonyl (C=O) groups is 2. The first kappa shape index (κ1) is 14.8. The third kappa shape index (κ3) is 2.65. The second-order valence-corrected chi connectivity index (χ2v) is 6.46. The van der Waals surface area contributed by atoms with Crippen LogP contribution in [0.15, 0.2) is 24.3 Å². The van der Waals surface area contributed by atoms with Crippen LogP contribution < -0.4 is 5.32 Å². The van der Waals surface area contributed by atoms with Crippen LogP contribution in [0.3, 0.4) is 0 Å². The van der Waals surface area contributed by atoms with E-state index in [2.05, 4.69) is 5.32 Å². The number of urea groups is 1. The van der Waals surface area contributed by atoms with Crippen molar-refractivity contribution in [3.63, 3.8) is 0 Å². The summed E-state index contributed by atoms with van der Waals surface area (Å²) in [5.74, 6) is -1.11. The molecule has 2 fully saturated rings. The summed E-state index contributed by atoms with van der Waals surface area (Å²) < 4.78 is 13.7. The van der Waals surface area contributed by atoms with Gasteiger partial charge in [-0.25, -0.2) is 9.18 Å². The Bertz CT molecular complexity index is 621. The van der Waals surface area contributed by atoms with Crippen LogP contribution in [0.5, 0.6) is 0 Å². The van der Waals surface area contributed by atoms with Crippen LogP contribution in [0.2, 0.25) is 0 Å². The topological polar surface area (TPSA) is 69.6 Å². The number of likely N-dealkylation sites (tertiary alicyclic amines) is 1. The summed E-state index contributed by atoms with van der Waals surface area (Å²) in [4.78, 5) is 24.9. The largest absolute Gasteiger partial charge is 0.481 e. The molecular formula is C16H19FN2O3. The Kier molecular flexibility index (Phi) is 3.54. The molecule has 0 bridgehead atoms. The van der Waals surface area contributed by atoms with Crippen LogP contribution in [0.1, 0.15) is 31.2 Å². The van der Waals surface area contributed by atoms with E-state index < -0.39 is 11.4 Å². The molecule has 1 aromatic rings. The van der Waals surface area contributed by atoms with Gasteiger partial charge in [-0.1, -0.05) is 18.2 Å². The molecule has 0 aromatic heterocycles. The molecule has 22 heavy (non-hydrogen) atoms. The fourth-order valence-corrected chi connectivity index (χ4v) is 3.03. The van der Waals surface area contributed by atoms with E-state index >= 15 is 0 Å². The minimum absolute atomic E-state index is 0.0126. The monoisotopic (exact) mass is 306 g/mol. The molecule has 1 heterocycles. The molecule has 2 amide bonds. The lowest BCUT2D eigenvalue weighted by Gasteiger charge is -2.20. The number of amides is 2. The molecule has 5 nitrogen and oxygen atoms in total. The number of carboxylic acids is 1. The van der Waals surface area contributed by atoms with Gasteiger partial charge < -0.3 is 15.3 Å². The standard InChI is InChI=1S/C16H19FN2O3/c1-16(14(20)21)6-7-19(9-16)15(22)18-13-8-11(13)10-4-2-3-5-12(10)17/h2-5,11,13H,6-9H2,1H3,(H,18,22)(H,20,21)/t11-,13+,16?/m0/s1. The van der Waals surface area contributed by atoms with Crippen LogP contribution in [-0.2, 0) is 4.79 Å². The second-order valence-electron chi connectivity index (χ2n) is 6.46. The van der Waals surface area contributed by atoms with Gasteiger partial charge >= 0.3 is 12.0 Å². The zero-order valence-electron chi connectivity index (χ0n) is 12.4. The molecule has 2 aliphatic rings. The van der Waals surface area contributed by atoms with Gasteiger partial charge in [0.2, 0.25) is 0 Å². The maximum atomic E-state index is 13.7. The maximum absolute atomic E-state index is 13.7. The van der Waals surface area contributed by atoms with Gasteiger partial charge in [-0.15, -0.1) is 0 Å². The summed E-state index contributed by atoms with van der Waals surface area (Å²) in [7, 11) is 0. The van der Waals surface area contributed by atoms with Crippen molar-refractivity contribution in [2.45, 2.75) is 31.7 Å². The molecule has 1 unspecified atom stereocenters. The van der Waals surface area contributed by atoms with Gasteiger partial charge in [-0.2, -0.15) is 0 Å². The number of nitrogens with one attached hydrogen (secondary N) is 1. The maximum Gasteiger partial charge on any atom is 0.317 e. The Labute approximate surface area is 128 Å². The van der Waals surface area contributed by atoms with Gasteiger partial charge in [0.1, 0.15) is 5.82 Å². The molecule has 3 rings (SSSR count). The van der Waals surface area contributed by atoms with Crippen LogP contribution in [0.4, 0.5) is 9.18 Å².